The molecule has 0 aliphatic carbocycles. The van der Waals surface area contributed by atoms with Gasteiger partial charge in [0.1, 0.15) is 11.4 Å². The van der Waals surface area contributed by atoms with Crippen LogP contribution in [0.15, 0.2) is 65.8 Å². The Labute approximate surface area is 189 Å². The average Bonchev–Trinajstić information content (AvgIpc) is 2.83. The molecule has 166 valence electrons. The summed E-state index contributed by atoms with van der Waals surface area (Å²) in [6, 6.07) is 14.4. The van der Waals surface area contributed by atoms with Crippen molar-refractivity contribution in [2.75, 3.05) is 19.4 Å². The van der Waals surface area contributed by atoms with Crippen molar-refractivity contribution in [3.63, 3.8) is 0 Å². The van der Waals surface area contributed by atoms with Crippen LogP contribution in [-0.2, 0) is 22.5 Å². The second kappa shape index (κ2) is 11.5. The molecule has 0 aliphatic heterocycles. The molecule has 0 radical (unpaired) electrons. The molecule has 1 unspecified atom stereocenters. The molecule has 1 aromatic heterocycles. The van der Waals surface area contributed by atoms with Crippen LogP contribution in [0.2, 0.25) is 0 Å². The standard InChI is InChI=1S/C23H25N5O3S/c1-26-13-16-3-5-18(6-4-16)22(24)31-23(25)21-15-27-14-20(28-21)17-7-9-19(10-8-17)32(30)12-2-11-29/h3-10,14-15,24-26,29H,2,11-13H2,1H3. The molecule has 9 heteroatoms. The van der Waals surface area contributed by atoms with Crippen LogP contribution in [0.5, 0.6) is 0 Å². The van der Waals surface area contributed by atoms with Gasteiger partial charge in [0.25, 0.3) is 0 Å². The summed E-state index contributed by atoms with van der Waals surface area (Å²) < 4.78 is 17.6. The average molecular weight is 452 g/mol. The van der Waals surface area contributed by atoms with Crippen LogP contribution in [0.4, 0.5) is 0 Å². The Kier molecular flexibility index (Phi) is 8.46. The minimum absolute atomic E-state index is 0.0132. The van der Waals surface area contributed by atoms with E-state index >= 15 is 0 Å². The van der Waals surface area contributed by atoms with Crippen LogP contribution >= 0.6 is 0 Å². The lowest BCUT2D eigenvalue weighted by Gasteiger charge is -2.11. The molecule has 4 N–H and O–H groups in total. The number of nitrogens with one attached hydrogen (secondary N) is 3. The third-order valence-electron chi connectivity index (χ3n) is 4.57. The van der Waals surface area contributed by atoms with Crippen molar-refractivity contribution in [1.82, 2.24) is 15.3 Å². The van der Waals surface area contributed by atoms with E-state index in [1.54, 1.807) is 42.6 Å². The normalized spacial score (nSPS) is 11.7. The zero-order chi connectivity index (χ0) is 22.9. The Morgan fingerprint density at radius 3 is 2.44 bits per heavy atom. The van der Waals surface area contributed by atoms with Crippen molar-refractivity contribution >= 4 is 23.0 Å². The second-order valence-electron chi connectivity index (χ2n) is 6.93. The van der Waals surface area contributed by atoms with E-state index in [0.717, 1.165) is 17.7 Å². The molecule has 0 spiro atoms. The van der Waals surface area contributed by atoms with Crippen molar-refractivity contribution in [2.45, 2.75) is 17.9 Å². The predicted molar refractivity (Wildman–Crippen MR) is 124 cm³/mol. The molecular weight excluding hydrogens is 426 g/mol. The van der Waals surface area contributed by atoms with E-state index in [1.807, 2.05) is 19.2 Å². The summed E-state index contributed by atoms with van der Waals surface area (Å²) in [5, 5.41) is 28.3. The molecule has 32 heavy (non-hydrogen) atoms. The minimum atomic E-state index is -1.16. The van der Waals surface area contributed by atoms with E-state index in [9.17, 15) is 4.55 Å². The number of benzene rings is 2. The van der Waals surface area contributed by atoms with Crippen LogP contribution in [0.1, 0.15) is 23.2 Å². The van der Waals surface area contributed by atoms with Crippen LogP contribution in [0.25, 0.3) is 11.3 Å². The molecule has 1 atom stereocenters. The van der Waals surface area contributed by atoms with Gasteiger partial charge in [0.2, 0.25) is 11.8 Å². The van der Waals surface area contributed by atoms with Gasteiger partial charge in [0.05, 0.1) is 18.1 Å². The molecule has 2 aromatic carbocycles. The van der Waals surface area contributed by atoms with Gasteiger partial charge < -0.3 is 19.7 Å². The van der Waals surface area contributed by atoms with Crippen molar-refractivity contribution < 1.29 is 14.4 Å². The topological polar surface area (TPSA) is 138 Å². The van der Waals surface area contributed by atoms with Crippen LogP contribution in [0.3, 0.4) is 0 Å². The van der Waals surface area contributed by atoms with E-state index in [4.69, 9.17) is 20.7 Å². The van der Waals surface area contributed by atoms with Gasteiger partial charge in [-0.2, -0.15) is 0 Å². The minimum Gasteiger partial charge on any atom is -0.611 e. The first-order chi connectivity index (χ1) is 15.5. The summed E-state index contributed by atoms with van der Waals surface area (Å²) in [6.45, 7) is 0.742. The molecule has 0 fully saturated rings. The second-order valence-corrected chi connectivity index (χ2v) is 8.50. The van der Waals surface area contributed by atoms with E-state index in [0.29, 0.717) is 28.3 Å². The maximum atomic E-state index is 12.2. The van der Waals surface area contributed by atoms with Crippen LogP contribution in [-0.4, -0.2) is 50.8 Å². The highest BCUT2D eigenvalue weighted by Crippen LogP contribution is 2.20. The number of nitrogens with zero attached hydrogens (tertiary/aromatic N) is 2. The quantitative estimate of drug-likeness (QED) is 0.224. The van der Waals surface area contributed by atoms with Crippen LogP contribution < -0.4 is 5.32 Å². The van der Waals surface area contributed by atoms with Crippen LogP contribution in [0, 0.1) is 10.8 Å². The summed E-state index contributed by atoms with van der Waals surface area (Å²) in [4.78, 5) is 9.25. The number of aliphatic hydroxyl groups excluding tert-OH is 1. The van der Waals surface area contributed by atoms with Gasteiger partial charge in [-0.1, -0.05) is 12.1 Å². The van der Waals surface area contributed by atoms with E-state index in [2.05, 4.69) is 15.3 Å². The Bertz CT molecular complexity index is 1060. The zero-order valence-corrected chi connectivity index (χ0v) is 18.5. The summed E-state index contributed by atoms with van der Waals surface area (Å²) in [5.74, 6) is -0.0117. The van der Waals surface area contributed by atoms with Gasteiger partial charge in [-0.3, -0.25) is 15.8 Å². The predicted octanol–water partition coefficient (Wildman–Crippen LogP) is 2.72. The highest BCUT2D eigenvalue weighted by atomic mass is 32.2. The fourth-order valence-corrected chi connectivity index (χ4v) is 3.96. The van der Waals surface area contributed by atoms with Gasteiger partial charge in [-0.15, -0.1) is 0 Å². The fourth-order valence-electron chi connectivity index (χ4n) is 2.90. The number of aromatic nitrogens is 2. The third kappa shape index (κ3) is 6.21. The van der Waals surface area contributed by atoms with E-state index < -0.39 is 11.2 Å². The number of ether oxygens (including phenoxy) is 1. The molecular formula is C23H25N5O3S. The molecule has 0 bridgehead atoms. The maximum absolute atomic E-state index is 12.2. The number of rotatable bonds is 9. The molecule has 0 amide bonds. The molecule has 0 aliphatic rings. The lowest BCUT2D eigenvalue weighted by Crippen LogP contribution is -2.15. The van der Waals surface area contributed by atoms with Gasteiger partial charge in [0, 0.05) is 30.7 Å². The molecule has 3 rings (SSSR count). The first-order valence-electron chi connectivity index (χ1n) is 10.0. The molecule has 1 heterocycles. The smallest absolute Gasteiger partial charge is 0.241 e. The van der Waals surface area contributed by atoms with E-state index in [-0.39, 0.29) is 24.1 Å². The van der Waals surface area contributed by atoms with E-state index in [1.165, 1.54) is 6.20 Å². The summed E-state index contributed by atoms with van der Waals surface area (Å²) in [6.07, 6.45) is 3.47. The highest BCUT2D eigenvalue weighted by Gasteiger charge is 2.14. The molecule has 0 saturated heterocycles. The Hall–Kier alpha value is -3.11. The van der Waals surface area contributed by atoms with Gasteiger partial charge in [0.15, 0.2) is 4.90 Å². The molecule has 8 nitrogen and oxygen atoms in total. The number of hydrogen-bond donors (Lipinski definition) is 4. The first kappa shape index (κ1) is 23.6. The monoisotopic (exact) mass is 451 g/mol. The molecule has 3 aromatic rings. The maximum Gasteiger partial charge on any atom is 0.241 e. The fraction of sp³-hybridized carbons (Fsp3) is 0.217. The van der Waals surface area contributed by atoms with Gasteiger partial charge in [-0.05, 0) is 60.2 Å². The molecule has 0 saturated carbocycles. The zero-order valence-electron chi connectivity index (χ0n) is 17.7. The summed E-state index contributed by atoms with van der Waals surface area (Å²) in [7, 11) is 1.87. The van der Waals surface area contributed by atoms with Crippen molar-refractivity contribution in [3.05, 3.63) is 77.7 Å². The van der Waals surface area contributed by atoms with Gasteiger partial charge >= 0.3 is 0 Å². The SMILES string of the molecule is CNCc1ccc(C(=N)OC(=N)c2cncc(-c3ccc([S+]([O-])CCCO)cc3)n2)cc1. The first-order valence-corrected chi connectivity index (χ1v) is 11.3. The third-order valence-corrected chi connectivity index (χ3v) is 6.03. The Morgan fingerprint density at radius 2 is 1.78 bits per heavy atom. The lowest BCUT2D eigenvalue weighted by atomic mass is 10.1. The highest BCUT2D eigenvalue weighted by molar-refractivity contribution is 7.91. The summed E-state index contributed by atoms with van der Waals surface area (Å²) >= 11 is -1.16. The number of hydrogen-bond acceptors (Lipinski definition) is 8. The lowest BCUT2D eigenvalue weighted by molar-refractivity contribution is 0.295. The number of aliphatic hydroxyl groups is 1. The largest absolute Gasteiger partial charge is 0.611 e. The van der Waals surface area contributed by atoms with Crippen molar-refractivity contribution in [1.29, 1.82) is 10.8 Å². The Morgan fingerprint density at radius 1 is 1.06 bits per heavy atom. The Balaban J connectivity index is 1.68. The van der Waals surface area contributed by atoms with Gasteiger partial charge in [-0.25, -0.2) is 4.98 Å². The van der Waals surface area contributed by atoms with Crippen molar-refractivity contribution in [3.8, 4) is 11.3 Å². The van der Waals surface area contributed by atoms with Crippen molar-refractivity contribution in [2.24, 2.45) is 0 Å². The summed E-state index contributed by atoms with van der Waals surface area (Å²) in [5.41, 5.74) is 3.14.